The smallest absolute Gasteiger partial charge is 0.406 e. The molecule has 13 heteroatoms. The first-order valence-corrected chi connectivity index (χ1v) is 13.8. The summed E-state index contributed by atoms with van der Waals surface area (Å²) in [5.41, 5.74) is 4.80. The van der Waals surface area contributed by atoms with E-state index in [1.807, 2.05) is 48.1 Å². The van der Waals surface area contributed by atoms with Crippen LogP contribution < -0.4 is 14.9 Å². The molecule has 3 aromatic carbocycles. The summed E-state index contributed by atoms with van der Waals surface area (Å²) in [5, 5.41) is 18.8. The minimum absolute atomic E-state index is 0.0634. The second-order valence-corrected chi connectivity index (χ2v) is 10.3. The molecule has 0 aliphatic heterocycles. The lowest BCUT2D eigenvalue weighted by atomic mass is 9.99. The molecule has 0 radical (unpaired) electrons. The molecule has 0 saturated carbocycles. The summed E-state index contributed by atoms with van der Waals surface area (Å²) in [7, 11) is 0. The van der Waals surface area contributed by atoms with Gasteiger partial charge in [-0.2, -0.15) is 10.3 Å². The van der Waals surface area contributed by atoms with Crippen molar-refractivity contribution in [2.45, 2.75) is 26.1 Å². The van der Waals surface area contributed by atoms with Crippen LogP contribution >= 0.6 is 11.3 Å². The van der Waals surface area contributed by atoms with Crippen LogP contribution in [-0.4, -0.2) is 38.3 Å². The summed E-state index contributed by atoms with van der Waals surface area (Å²) in [6.07, 6.45) is -3.33. The van der Waals surface area contributed by atoms with Gasteiger partial charge in [0.25, 0.3) is 0 Å². The number of nitrogens with one attached hydrogen (secondary N) is 1. The van der Waals surface area contributed by atoms with Crippen molar-refractivity contribution in [2.75, 3.05) is 6.54 Å². The Morgan fingerprint density at radius 2 is 1.84 bits per heavy atom. The van der Waals surface area contributed by atoms with E-state index in [9.17, 15) is 23.2 Å². The number of aryl methyl sites for hydroxylation is 2. The van der Waals surface area contributed by atoms with Crippen molar-refractivity contribution in [1.29, 1.82) is 5.26 Å². The predicted molar refractivity (Wildman–Crippen MR) is 154 cm³/mol. The van der Waals surface area contributed by atoms with Crippen molar-refractivity contribution in [3.05, 3.63) is 106 Å². The van der Waals surface area contributed by atoms with Crippen LogP contribution in [0.3, 0.4) is 0 Å². The Hall–Kier alpha value is -5.22. The Morgan fingerprint density at radius 1 is 1.09 bits per heavy atom. The van der Waals surface area contributed by atoms with E-state index in [4.69, 9.17) is 0 Å². The summed E-state index contributed by atoms with van der Waals surface area (Å²) in [6, 6.07) is 21.8. The number of urea groups is 1. The zero-order chi connectivity index (χ0) is 30.6. The van der Waals surface area contributed by atoms with Crippen LogP contribution in [-0.2, 0) is 0 Å². The fourth-order valence-corrected chi connectivity index (χ4v) is 5.16. The maximum absolute atomic E-state index is 12.7. The highest BCUT2D eigenvalue weighted by molar-refractivity contribution is 7.07. The van der Waals surface area contributed by atoms with Crippen LogP contribution in [0.4, 0.5) is 18.0 Å². The van der Waals surface area contributed by atoms with Crippen molar-refractivity contribution in [3.63, 3.8) is 0 Å². The van der Waals surface area contributed by atoms with E-state index in [1.54, 1.807) is 24.3 Å². The van der Waals surface area contributed by atoms with E-state index in [2.05, 4.69) is 31.2 Å². The minimum Gasteiger partial charge on any atom is -0.406 e. The Balaban J connectivity index is 1.24. The van der Waals surface area contributed by atoms with Crippen molar-refractivity contribution in [1.82, 2.24) is 24.6 Å². The van der Waals surface area contributed by atoms with Crippen LogP contribution in [0.1, 0.15) is 22.7 Å². The van der Waals surface area contributed by atoms with Gasteiger partial charge in [0.2, 0.25) is 0 Å². The first kappa shape index (κ1) is 29.3. The fourth-order valence-electron chi connectivity index (χ4n) is 4.29. The standard InChI is InChI=1S/C30H24F3N7O2S/c1-19-4-3-5-25(14-19)40-20(2)17-43-29(40)37-28(41)35-16-23(15-34)21-6-8-22(9-7-21)27-36-18-39(38-27)24-10-12-26(13-11-24)42-30(31,32)33/h3-14,17-18,23H,16H2,1-2H3,(H,35,41). The first-order chi connectivity index (χ1) is 20.6. The third kappa shape index (κ3) is 7.17. The van der Waals surface area contributed by atoms with E-state index in [0.29, 0.717) is 27.4 Å². The molecular formula is C30H24F3N7O2S. The second-order valence-electron chi connectivity index (χ2n) is 9.49. The molecule has 0 aliphatic carbocycles. The van der Waals surface area contributed by atoms with Crippen LogP contribution in [0, 0.1) is 25.2 Å². The number of carbonyl (C=O) groups excluding carboxylic acids is 1. The summed E-state index contributed by atoms with van der Waals surface area (Å²) >= 11 is 1.35. The molecule has 0 aliphatic rings. The van der Waals surface area contributed by atoms with Gasteiger partial charge in [0.05, 0.1) is 17.7 Å². The molecule has 0 saturated heterocycles. The maximum Gasteiger partial charge on any atom is 0.573 e. The van der Waals surface area contributed by atoms with Crippen molar-refractivity contribution >= 4 is 17.4 Å². The van der Waals surface area contributed by atoms with Crippen molar-refractivity contribution in [2.24, 2.45) is 4.99 Å². The number of alkyl halides is 3. The molecular weight excluding hydrogens is 579 g/mol. The summed E-state index contributed by atoms with van der Waals surface area (Å²) in [4.78, 5) is 21.7. The number of benzene rings is 3. The average Bonchev–Trinajstić information content (AvgIpc) is 3.60. The summed E-state index contributed by atoms with van der Waals surface area (Å²) < 4.78 is 44.4. The lowest BCUT2D eigenvalue weighted by molar-refractivity contribution is -0.274. The molecule has 9 nitrogen and oxygen atoms in total. The van der Waals surface area contributed by atoms with E-state index >= 15 is 0 Å². The van der Waals surface area contributed by atoms with Gasteiger partial charge in [0, 0.05) is 28.9 Å². The molecule has 43 heavy (non-hydrogen) atoms. The molecule has 0 fully saturated rings. The Labute approximate surface area is 248 Å². The van der Waals surface area contributed by atoms with Gasteiger partial charge in [-0.15, -0.1) is 29.6 Å². The predicted octanol–water partition coefficient (Wildman–Crippen LogP) is 6.22. The molecule has 1 unspecified atom stereocenters. The Bertz CT molecular complexity index is 1850. The quantitative estimate of drug-likeness (QED) is 0.238. The number of hydrogen-bond acceptors (Lipinski definition) is 6. The zero-order valence-electron chi connectivity index (χ0n) is 22.9. The lowest BCUT2D eigenvalue weighted by Crippen LogP contribution is -2.28. The van der Waals surface area contributed by atoms with Crippen molar-refractivity contribution in [3.8, 4) is 34.6 Å². The van der Waals surface area contributed by atoms with Gasteiger partial charge in [0.15, 0.2) is 10.6 Å². The number of thiazole rings is 1. The summed E-state index contributed by atoms with van der Waals surface area (Å²) in [6.45, 7) is 4.00. The third-order valence-corrected chi connectivity index (χ3v) is 7.29. The van der Waals surface area contributed by atoms with Gasteiger partial charge in [-0.1, -0.05) is 36.4 Å². The summed E-state index contributed by atoms with van der Waals surface area (Å²) in [5.74, 6) is -0.572. The molecule has 2 heterocycles. The van der Waals surface area contributed by atoms with Gasteiger partial charge in [-0.3, -0.25) is 4.57 Å². The number of carbonyl (C=O) groups is 1. The van der Waals surface area contributed by atoms with Gasteiger partial charge >= 0.3 is 12.4 Å². The van der Waals surface area contributed by atoms with Crippen molar-refractivity contribution < 1.29 is 22.7 Å². The molecule has 0 spiro atoms. The highest BCUT2D eigenvalue weighted by atomic mass is 32.1. The van der Waals surface area contributed by atoms with E-state index in [-0.39, 0.29) is 12.3 Å². The number of hydrogen-bond donors (Lipinski definition) is 1. The lowest BCUT2D eigenvalue weighted by Gasteiger charge is -2.10. The fraction of sp³-hybridized carbons (Fsp3) is 0.167. The average molecular weight is 604 g/mol. The van der Waals surface area contributed by atoms with Gasteiger partial charge in [-0.25, -0.2) is 14.5 Å². The van der Waals surface area contributed by atoms with E-state index < -0.39 is 18.3 Å². The molecule has 1 atom stereocenters. The zero-order valence-corrected chi connectivity index (χ0v) is 23.7. The normalized spacial score (nSPS) is 12.5. The molecule has 218 valence electrons. The third-order valence-electron chi connectivity index (χ3n) is 6.35. The SMILES string of the molecule is Cc1cccc(-n2c(C)csc2=NC(=O)NCC(C#N)c2ccc(-c3ncn(-c4ccc(OC(F)(F)F)cc4)n3)cc2)c1. The molecule has 1 N–H and O–H groups in total. The highest BCUT2D eigenvalue weighted by Crippen LogP contribution is 2.25. The minimum atomic E-state index is -4.77. The van der Waals surface area contributed by atoms with E-state index in [0.717, 1.165) is 16.9 Å². The number of ether oxygens (including phenoxy) is 1. The number of rotatable bonds is 7. The largest absolute Gasteiger partial charge is 0.573 e. The van der Waals surface area contributed by atoms with Gasteiger partial charge < -0.3 is 10.1 Å². The topological polar surface area (TPSA) is 110 Å². The Kier molecular flexibility index (Phi) is 8.40. The number of nitrogens with zero attached hydrogens (tertiary/aromatic N) is 6. The van der Waals surface area contributed by atoms with Crippen LogP contribution in [0.5, 0.6) is 5.75 Å². The van der Waals surface area contributed by atoms with Gasteiger partial charge in [0.1, 0.15) is 12.1 Å². The number of amides is 2. The highest BCUT2D eigenvalue weighted by Gasteiger charge is 2.31. The van der Waals surface area contributed by atoms with Crippen LogP contribution in [0.25, 0.3) is 22.8 Å². The van der Waals surface area contributed by atoms with Crippen LogP contribution in [0.15, 0.2) is 89.5 Å². The van der Waals surface area contributed by atoms with Crippen LogP contribution in [0.2, 0.25) is 0 Å². The number of aromatic nitrogens is 4. The monoisotopic (exact) mass is 603 g/mol. The number of nitriles is 1. The molecule has 5 aromatic rings. The molecule has 2 amide bonds. The molecule has 5 rings (SSSR count). The second kappa shape index (κ2) is 12.3. The molecule has 0 bridgehead atoms. The van der Waals surface area contributed by atoms with Gasteiger partial charge in [-0.05, 0) is 61.4 Å². The Morgan fingerprint density at radius 3 is 2.51 bits per heavy atom. The van der Waals surface area contributed by atoms with E-state index in [1.165, 1.54) is 46.6 Å². The maximum atomic E-state index is 12.7. The molecule has 2 aromatic heterocycles. The first-order valence-electron chi connectivity index (χ1n) is 12.9. The number of halogens is 3.